The minimum atomic E-state index is -0.838. The van der Waals surface area contributed by atoms with E-state index >= 15 is 0 Å². The summed E-state index contributed by atoms with van der Waals surface area (Å²) < 4.78 is 5.07. The Kier molecular flexibility index (Phi) is 5.61. The van der Waals surface area contributed by atoms with Crippen LogP contribution in [0.25, 0.3) is 0 Å². The van der Waals surface area contributed by atoms with Gasteiger partial charge in [0.2, 0.25) is 0 Å². The summed E-state index contributed by atoms with van der Waals surface area (Å²) in [6, 6.07) is 11.3. The first kappa shape index (κ1) is 16.1. The van der Waals surface area contributed by atoms with Gasteiger partial charge in [-0.1, -0.05) is 36.8 Å². The number of rotatable bonds is 6. The van der Waals surface area contributed by atoms with E-state index < -0.39 is 6.10 Å². The maximum atomic E-state index is 11.8. The number of aliphatic hydroxyl groups excluding tert-OH is 1. The fourth-order valence-corrected chi connectivity index (χ4v) is 2.17. The number of furan rings is 1. The van der Waals surface area contributed by atoms with Crippen LogP contribution in [0.5, 0.6) is 0 Å². The third kappa shape index (κ3) is 4.63. The van der Waals surface area contributed by atoms with Crippen LogP contribution >= 0.6 is 0 Å². The number of carbonyl (C=O) groups excluding carboxylic acids is 1. The summed E-state index contributed by atoms with van der Waals surface area (Å²) in [5.41, 5.74) is 2.39. The molecule has 3 N–H and O–H groups in total. The van der Waals surface area contributed by atoms with Crippen LogP contribution < -0.4 is 10.6 Å². The van der Waals surface area contributed by atoms with E-state index in [1.807, 2.05) is 19.1 Å². The molecule has 1 heterocycles. The van der Waals surface area contributed by atoms with Gasteiger partial charge in [-0.2, -0.15) is 0 Å². The smallest absolute Gasteiger partial charge is 0.314 e. The molecule has 0 spiro atoms. The van der Waals surface area contributed by atoms with Gasteiger partial charge in [0, 0.05) is 6.54 Å². The largest absolute Gasteiger partial charge is 0.467 e. The monoisotopic (exact) mass is 302 g/mol. The molecule has 0 saturated heterocycles. The molecule has 5 heteroatoms. The first-order valence-electron chi connectivity index (χ1n) is 7.36. The average Bonchev–Trinajstić information content (AvgIpc) is 3.04. The SMILES string of the molecule is Cc1cccc(C(C)CNC(=O)NCC(O)c2ccco2)c1. The normalized spacial score (nSPS) is 13.4. The van der Waals surface area contributed by atoms with Gasteiger partial charge >= 0.3 is 6.03 Å². The standard InChI is InChI=1S/C17H22N2O3/c1-12-5-3-6-14(9-12)13(2)10-18-17(21)19-11-15(20)16-7-4-8-22-16/h3-9,13,15,20H,10-11H2,1-2H3,(H2,18,19,21). The number of benzene rings is 1. The fraction of sp³-hybridized carbons (Fsp3) is 0.353. The van der Waals surface area contributed by atoms with E-state index in [1.165, 1.54) is 17.4 Å². The lowest BCUT2D eigenvalue weighted by Crippen LogP contribution is -2.39. The predicted molar refractivity (Wildman–Crippen MR) is 84.7 cm³/mol. The van der Waals surface area contributed by atoms with Crippen molar-refractivity contribution in [3.63, 3.8) is 0 Å². The molecule has 0 bridgehead atoms. The molecule has 0 saturated carbocycles. The average molecular weight is 302 g/mol. The molecule has 0 radical (unpaired) electrons. The summed E-state index contributed by atoms with van der Waals surface area (Å²) in [4.78, 5) is 11.8. The highest BCUT2D eigenvalue weighted by molar-refractivity contribution is 5.73. The van der Waals surface area contributed by atoms with Crippen LogP contribution in [0.2, 0.25) is 0 Å². The Morgan fingerprint density at radius 1 is 1.23 bits per heavy atom. The van der Waals surface area contributed by atoms with Crippen molar-refractivity contribution < 1.29 is 14.3 Å². The number of urea groups is 1. The molecule has 5 nitrogen and oxygen atoms in total. The Balaban J connectivity index is 1.73. The van der Waals surface area contributed by atoms with E-state index in [2.05, 4.69) is 29.7 Å². The van der Waals surface area contributed by atoms with Gasteiger partial charge in [0.25, 0.3) is 0 Å². The van der Waals surface area contributed by atoms with Gasteiger partial charge in [-0.25, -0.2) is 4.79 Å². The van der Waals surface area contributed by atoms with E-state index in [1.54, 1.807) is 12.1 Å². The highest BCUT2D eigenvalue weighted by atomic mass is 16.4. The zero-order chi connectivity index (χ0) is 15.9. The van der Waals surface area contributed by atoms with Crippen molar-refractivity contribution in [2.45, 2.75) is 25.9 Å². The molecule has 0 aliphatic heterocycles. The maximum Gasteiger partial charge on any atom is 0.314 e. The minimum absolute atomic E-state index is 0.109. The van der Waals surface area contributed by atoms with Crippen molar-refractivity contribution in [3.8, 4) is 0 Å². The Morgan fingerprint density at radius 2 is 2.00 bits per heavy atom. The molecule has 2 unspecified atom stereocenters. The highest BCUT2D eigenvalue weighted by Gasteiger charge is 2.12. The van der Waals surface area contributed by atoms with Crippen molar-refractivity contribution in [1.29, 1.82) is 0 Å². The fourth-order valence-electron chi connectivity index (χ4n) is 2.17. The molecule has 22 heavy (non-hydrogen) atoms. The topological polar surface area (TPSA) is 74.5 Å². The van der Waals surface area contributed by atoms with Crippen LogP contribution in [0.1, 0.15) is 35.8 Å². The van der Waals surface area contributed by atoms with Crippen LogP contribution in [0, 0.1) is 6.92 Å². The third-order valence-corrected chi connectivity index (χ3v) is 3.51. The Hall–Kier alpha value is -2.27. The van der Waals surface area contributed by atoms with Crippen LogP contribution in [-0.4, -0.2) is 24.2 Å². The van der Waals surface area contributed by atoms with Crippen LogP contribution in [0.3, 0.4) is 0 Å². The number of hydrogen-bond acceptors (Lipinski definition) is 3. The molecule has 2 aromatic rings. The highest BCUT2D eigenvalue weighted by Crippen LogP contribution is 2.15. The summed E-state index contributed by atoms with van der Waals surface area (Å²) in [6.07, 6.45) is 0.650. The van der Waals surface area contributed by atoms with E-state index in [-0.39, 0.29) is 18.5 Å². The van der Waals surface area contributed by atoms with Gasteiger partial charge in [-0.15, -0.1) is 0 Å². The van der Waals surface area contributed by atoms with Crippen molar-refractivity contribution in [1.82, 2.24) is 10.6 Å². The third-order valence-electron chi connectivity index (χ3n) is 3.51. The second-order valence-electron chi connectivity index (χ2n) is 5.44. The number of amides is 2. The first-order chi connectivity index (χ1) is 10.6. The molecule has 1 aromatic heterocycles. The second kappa shape index (κ2) is 7.66. The summed E-state index contributed by atoms with van der Waals surface area (Å²) in [5.74, 6) is 0.661. The van der Waals surface area contributed by atoms with Crippen LogP contribution in [0.15, 0.2) is 47.1 Å². The maximum absolute atomic E-state index is 11.8. The van der Waals surface area contributed by atoms with E-state index in [4.69, 9.17) is 4.42 Å². The number of hydrogen-bond donors (Lipinski definition) is 3. The van der Waals surface area contributed by atoms with Crippen molar-refractivity contribution >= 4 is 6.03 Å². The van der Waals surface area contributed by atoms with Gasteiger partial charge in [0.1, 0.15) is 11.9 Å². The lowest BCUT2D eigenvalue weighted by atomic mass is 9.99. The quantitative estimate of drug-likeness (QED) is 0.768. The van der Waals surface area contributed by atoms with Crippen molar-refractivity contribution in [3.05, 3.63) is 59.5 Å². The summed E-state index contributed by atoms with van der Waals surface area (Å²) in [5, 5.41) is 15.2. The van der Waals surface area contributed by atoms with Gasteiger partial charge in [0.15, 0.2) is 0 Å². The minimum Gasteiger partial charge on any atom is -0.467 e. The molecular formula is C17H22N2O3. The van der Waals surface area contributed by atoms with Gasteiger partial charge in [0.05, 0.1) is 12.8 Å². The lowest BCUT2D eigenvalue weighted by molar-refractivity contribution is 0.148. The number of aliphatic hydroxyl groups is 1. The molecule has 2 rings (SSSR count). The second-order valence-corrected chi connectivity index (χ2v) is 5.44. The van der Waals surface area contributed by atoms with Crippen molar-refractivity contribution in [2.75, 3.05) is 13.1 Å². The number of nitrogens with one attached hydrogen (secondary N) is 2. The lowest BCUT2D eigenvalue weighted by Gasteiger charge is -2.15. The first-order valence-corrected chi connectivity index (χ1v) is 7.36. The van der Waals surface area contributed by atoms with E-state index in [0.717, 1.165) is 0 Å². The molecular weight excluding hydrogens is 280 g/mol. The zero-order valence-electron chi connectivity index (χ0n) is 12.9. The zero-order valence-corrected chi connectivity index (χ0v) is 12.9. The van der Waals surface area contributed by atoms with Crippen LogP contribution in [0.4, 0.5) is 4.79 Å². The molecule has 2 amide bonds. The van der Waals surface area contributed by atoms with Gasteiger partial charge in [-0.3, -0.25) is 0 Å². The van der Waals surface area contributed by atoms with Crippen LogP contribution in [-0.2, 0) is 0 Å². The predicted octanol–water partition coefficient (Wildman–Crippen LogP) is 2.72. The molecule has 2 atom stereocenters. The summed E-state index contributed by atoms with van der Waals surface area (Å²) in [6.45, 7) is 4.75. The van der Waals surface area contributed by atoms with Crippen molar-refractivity contribution in [2.24, 2.45) is 0 Å². The molecule has 118 valence electrons. The summed E-state index contributed by atoms with van der Waals surface area (Å²) in [7, 11) is 0. The Labute approximate surface area is 130 Å². The van der Waals surface area contributed by atoms with Gasteiger partial charge < -0.3 is 20.2 Å². The Morgan fingerprint density at radius 3 is 2.68 bits per heavy atom. The van der Waals surface area contributed by atoms with E-state index in [9.17, 15) is 9.90 Å². The molecule has 1 aromatic carbocycles. The summed E-state index contributed by atoms with van der Waals surface area (Å²) >= 11 is 0. The number of aryl methyl sites for hydroxylation is 1. The molecule has 0 aliphatic rings. The van der Waals surface area contributed by atoms with Gasteiger partial charge in [-0.05, 0) is 30.5 Å². The Bertz CT molecular complexity index is 596. The van der Waals surface area contributed by atoms with E-state index in [0.29, 0.717) is 12.3 Å². The number of carbonyl (C=O) groups is 1. The molecule has 0 aliphatic carbocycles. The molecule has 0 fully saturated rings.